The van der Waals surface area contributed by atoms with Crippen molar-refractivity contribution in [3.05, 3.63) is 48.5 Å². The van der Waals surface area contributed by atoms with E-state index in [-0.39, 0.29) is 0 Å². The van der Waals surface area contributed by atoms with Crippen LogP contribution in [-0.4, -0.2) is 20.4 Å². The van der Waals surface area contributed by atoms with Crippen molar-refractivity contribution in [3.63, 3.8) is 0 Å². The highest BCUT2D eigenvalue weighted by Gasteiger charge is 2.19. The molecular weight excluding hydrogens is 304 g/mol. The minimum atomic E-state index is 0.938. The number of rotatable bonds is 0. The van der Waals surface area contributed by atoms with Crippen LogP contribution in [0.3, 0.4) is 0 Å². The molecule has 108 valence electrons. The zero-order valence-corrected chi connectivity index (χ0v) is 12.7. The van der Waals surface area contributed by atoms with Gasteiger partial charge in [-0.25, -0.2) is 0 Å². The van der Waals surface area contributed by atoms with Gasteiger partial charge in [0.2, 0.25) is 0 Å². The van der Waals surface area contributed by atoms with Crippen molar-refractivity contribution in [1.82, 2.24) is 20.4 Å². The predicted molar refractivity (Wildman–Crippen MR) is 96.1 cm³/mol. The number of hydrogen-bond acceptors (Lipinski definition) is 3. The van der Waals surface area contributed by atoms with Crippen molar-refractivity contribution in [2.45, 2.75) is 0 Å². The molecule has 0 atom stereocenters. The smallest absolute Gasteiger partial charge is 0.123 e. The van der Waals surface area contributed by atoms with Crippen LogP contribution in [-0.2, 0) is 0 Å². The van der Waals surface area contributed by atoms with Gasteiger partial charge in [0.05, 0.1) is 10.2 Å². The molecule has 0 spiro atoms. The van der Waals surface area contributed by atoms with Gasteiger partial charge in [0.1, 0.15) is 11.0 Å². The molecule has 0 saturated carbocycles. The molecular formula is C18H10N4S. The second kappa shape index (κ2) is 3.88. The Morgan fingerprint density at radius 2 is 1.52 bits per heavy atom. The van der Waals surface area contributed by atoms with Crippen LogP contribution >= 0.6 is 11.3 Å². The van der Waals surface area contributed by atoms with Crippen LogP contribution < -0.4 is 0 Å². The van der Waals surface area contributed by atoms with Crippen LogP contribution in [0.2, 0.25) is 0 Å². The largest absolute Gasteiger partial charge is 0.353 e. The number of benzene rings is 3. The van der Waals surface area contributed by atoms with E-state index in [9.17, 15) is 0 Å². The molecule has 6 rings (SSSR count). The monoisotopic (exact) mass is 314 g/mol. The maximum absolute atomic E-state index is 4.46. The summed E-state index contributed by atoms with van der Waals surface area (Å²) in [6.07, 6.45) is 0. The fraction of sp³-hybridized carbons (Fsp3) is 0. The molecule has 3 aromatic heterocycles. The average Bonchev–Trinajstić information content (AvgIpc) is 3.28. The third-order valence-corrected chi connectivity index (χ3v) is 5.74. The maximum Gasteiger partial charge on any atom is 0.123 e. The van der Waals surface area contributed by atoms with E-state index in [1.165, 1.54) is 25.6 Å². The van der Waals surface area contributed by atoms with E-state index in [0.717, 1.165) is 27.5 Å². The van der Waals surface area contributed by atoms with Crippen molar-refractivity contribution in [3.8, 4) is 0 Å². The third kappa shape index (κ3) is 1.31. The SMILES string of the molecule is c1ccc2c(c1)[nH]c1c3sc4ccccc4c3c3n[nH]nc3c21. The minimum absolute atomic E-state index is 0.938. The summed E-state index contributed by atoms with van der Waals surface area (Å²) in [7, 11) is 0. The number of fused-ring (bicyclic) bond motifs is 10. The Morgan fingerprint density at radius 3 is 2.43 bits per heavy atom. The lowest BCUT2D eigenvalue weighted by atomic mass is 10.1. The predicted octanol–water partition coefficient (Wildman–Crippen LogP) is 4.96. The van der Waals surface area contributed by atoms with Crippen molar-refractivity contribution >= 4 is 64.3 Å². The van der Waals surface area contributed by atoms with Crippen molar-refractivity contribution in [1.29, 1.82) is 0 Å². The second-order valence-corrected chi connectivity index (χ2v) is 6.80. The van der Waals surface area contributed by atoms with E-state index in [0.29, 0.717) is 0 Å². The average molecular weight is 314 g/mol. The van der Waals surface area contributed by atoms with Crippen LogP contribution in [0.4, 0.5) is 0 Å². The molecule has 3 heterocycles. The van der Waals surface area contributed by atoms with Gasteiger partial charge >= 0.3 is 0 Å². The van der Waals surface area contributed by atoms with Crippen LogP contribution in [0.15, 0.2) is 48.5 Å². The molecule has 6 aromatic rings. The first-order chi connectivity index (χ1) is 11.4. The van der Waals surface area contributed by atoms with Gasteiger partial charge in [-0.05, 0) is 12.1 Å². The van der Waals surface area contributed by atoms with E-state index in [1.807, 2.05) is 11.3 Å². The maximum atomic E-state index is 4.46. The Morgan fingerprint density at radius 1 is 0.783 bits per heavy atom. The topological polar surface area (TPSA) is 57.4 Å². The number of aromatic nitrogens is 4. The number of hydrogen-bond donors (Lipinski definition) is 2. The molecule has 0 radical (unpaired) electrons. The Kier molecular flexibility index (Phi) is 1.96. The molecule has 2 N–H and O–H groups in total. The van der Waals surface area contributed by atoms with Crippen LogP contribution in [0.1, 0.15) is 0 Å². The summed E-state index contributed by atoms with van der Waals surface area (Å²) in [5.41, 5.74) is 4.18. The van der Waals surface area contributed by atoms with Crippen LogP contribution in [0, 0.1) is 0 Å². The molecule has 0 saturated heterocycles. The highest BCUT2D eigenvalue weighted by atomic mass is 32.1. The molecule has 0 bridgehead atoms. The van der Waals surface area contributed by atoms with E-state index in [2.05, 4.69) is 68.9 Å². The van der Waals surface area contributed by atoms with E-state index >= 15 is 0 Å². The Labute approximate surface area is 133 Å². The van der Waals surface area contributed by atoms with Gasteiger partial charge in [-0.15, -0.1) is 11.3 Å². The van der Waals surface area contributed by atoms with Gasteiger partial charge in [0.15, 0.2) is 0 Å². The van der Waals surface area contributed by atoms with Crippen molar-refractivity contribution in [2.24, 2.45) is 0 Å². The molecule has 0 fully saturated rings. The fourth-order valence-electron chi connectivity index (χ4n) is 3.59. The van der Waals surface area contributed by atoms with Crippen LogP contribution in [0.25, 0.3) is 53.0 Å². The van der Waals surface area contributed by atoms with Crippen LogP contribution in [0.5, 0.6) is 0 Å². The summed E-state index contributed by atoms with van der Waals surface area (Å²) >= 11 is 1.81. The van der Waals surface area contributed by atoms with Crippen molar-refractivity contribution in [2.75, 3.05) is 0 Å². The summed E-state index contributed by atoms with van der Waals surface area (Å²) in [4.78, 5) is 3.59. The van der Waals surface area contributed by atoms with Crippen molar-refractivity contribution < 1.29 is 0 Å². The van der Waals surface area contributed by atoms with E-state index < -0.39 is 0 Å². The summed E-state index contributed by atoms with van der Waals surface area (Å²) in [6.45, 7) is 0. The lowest BCUT2D eigenvalue weighted by molar-refractivity contribution is 0.961. The Balaban J connectivity index is 2.07. The number of nitrogens with zero attached hydrogens (tertiary/aromatic N) is 2. The van der Waals surface area contributed by atoms with E-state index in [1.54, 1.807) is 0 Å². The van der Waals surface area contributed by atoms with Gasteiger partial charge in [-0.2, -0.15) is 15.4 Å². The summed E-state index contributed by atoms with van der Waals surface area (Å²) in [6, 6.07) is 16.9. The molecule has 3 aromatic carbocycles. The first-order valence-electron chi connectivity index (χ1n) is 7.46. The Bertz CT molecular complexity index is 1270. The van der Waals surface area contributed by atoms with E-state index in [4.69, 9.17) is 0 Å². The highest BCUT2D eigenvalue weighted by molar-refractivity contribution is 7.26. The van der Waals surface area contributed by atoms with Gasteiger partial charge in [0, 0.05) is 31.8 Å². The first-order valence-corrected chi connectivity index (χ1v) is 8.27. The standard InChI is InChI=1S/C18H10N4S/c1-3-7-11-9(5-1)13-15-16(21-22-20-15)14-10-6-2-4-8-12(10)23-18(14)17(13)19-11/h1-8,19H,(H,20,21,22). The molecule has 0 amide bonds. The lowest BCUT2D eigenvalue weighted by Gasteiger charge is -1.96. The molecule has 0 unspecified atom stereocenters. The van der Waals surface area contributed by atoms with Gasteiger partial charge < -0.3 is 4.98 Å². The number of para-hydroxylation sites is 1. The minimum Gasteiger partial charge on any atom is -0.353 e. The zero-order valence-electron chi connectivity index (χ0n) is 11.9. The second-order valence-electron chi connectivity index (χ2n) is 5.74. The Hall–Kier alpha value is -2.92. The summed E-state index contributed by atoms with van der Waals surface area (Å²) in [5.74, 6) is 0. The summed E-state index contributed by atoms with van der Waals surface area (Å²) < 4.78 is 2.52. The summed E-state index contributed by atoms with van der Waals surface area (Å²) in [5, 5.41) is 16.5. The number of aromatic amines is 2. The first kappa shape index (κ1) is 11.6. The number of nitrogens with one attached hydrogen (secondary N) is 2. The van der Waals surface area contributed by atoms with Gasteiger partial charge in [-0.1, -0.05) is 36.4 Å². The molecule has 0 aliphatic rings. The third-order valence-electron chi connectivity index (χ3n) is 4.55. The quantitative estimate of drug-likeness (QED) is 0.416. The van der Waals surface area contributed by atoms with Gasteiger partial charge in [-0.3, -0.25) is 0 Å². The highest BCUT2D eigenvalue weighted by Crippen LogP contribution is 2.44. The normalized spacial score (nSPS) is 12.3. The number of thiophene rings is 1. The zero-order chi connectivity index (χ0) is 15.0. The molecule has 23 heavy (non-hydrogen) atoms. The number of H-pyrrole nitrogens is 2. The van der Waals surface area contributed by atoms with Gasteiger partial charge in [0.25, 0.3) is 0 Å². The molecule has 0 aliphatic heterocycles. The molecule has 5 heteroatoms. The molecule has 4 nitrogen and oxygen atoms in total. The fourth-order valence-corrected chi connectivity index (χ4v) is 4.80. The lowest BCUT2D eigenvalue weighted by Crippen LogP contribution is -1.76. The molecule has 0 aliphatic carbocycles.